The van der Waals surface area contributed by atoms with Crippen molar-refractivity contribution >= 4 is 11.6 Å². The Bertz CT molecular complexity index is 440. The average Bonchev–Trinajstić information content (AvgIpc) is 2.82. The molecule has 0 spiro atoms. The van der Waals surface area contributed by atoms with Crippen molar-refractivity contribution in [1.29, 1.82) is 0 Å². The number of aliphatic hydroxyl groups is 1. The smallest absolute Gasteiger partial charge is 0.0459 e. The average molecular weight is 280 g/mol. The van der Waals surface area contributed by atoms with Crippen molar-refractivity contribution in [1.82, 2.24) is 5.32 Å². The van der Waals surface area contributed by atoms with Crippen molar-refractivity contribution in [3.8, 4) is 0 Å². The van der Waals surface area contributed by atoms with Crippen molar-refractivity contribution in [3.63, 3.8) is 0 Å². The molecule has 19 heavy (non-hydrogen) atoms. The van der Waals surface area contributed by atoms with Crippen LogP contribution in [0.5, 0.6) is 0 Å². The van der Waals surface area contributed by atoms with Crippen molar-refractivity contribution in [2.24, 2.45) is 5.92 Å². The summed E-state index contributed by atoms with van der Waals surface area (Å²) in [5.41, 5.74) is 2.85. The van der Waals surface area contributed by atoms with Gasteiger partial charge in [-0.15, -0.1) is 0 Å². The highest BCUT2D eigenvalue weighted by molar-refractivity contribution is 6.30. The largest absolute Gasteiger partial charge is 0.396 e. The Labute approximate surface area is 120 Å². The van der Waals surface area contributed by atoms with E-state index in [9.17, 15) is 5.11 Å². The Balaban J connectivity index is 1.61. The van der Waals surface area contributed by atoms with Gasteiger partial charge in [0.15, 0.2) is 0 Å². The second-order valence-corrected chi connectivity index (χ2v) is 6.44. The second-order valence-electron chi connectivity index (χ2n) is 6.00. The van der Waals surface area contributed by atoms with E-state index in [1.54, 1.807) is 0 Å². The molecule has 3 rings (SSSR count). The van der Waals surface area contributed by atoms with Crippen molar-refractivity contribution in [3.05, 3.63) is 34.3 Å². The monoisotopic (exact) mass is 279 g/mol. The first-order valence-electron chi connectivity index (χ1n) is 7.41. The molecular weight excluding hydrogens is 258 g/mol. The van der Waals surface area contributed by atoms with E-state index in [0.29, 0.717) is 24.6 Å². The quantitative estimate of drug-likeness (QED) is 0.888. The zero-order chi connectivity index (χ0) is 13.2. The van der Waals surface area contributed by atoms with E-state index >= 15 is 0 Å². The SMILES string of the molecule is OCC1CCC(NC2CCc3cc(Cl)ccc32)CC1. The number of benzene rings is 1. The van der Waals surface area contributed by atoms with Crippen LogP contribution >= 0.6 is 11.6 Å². The van der Waals surface area contributed by atoms with E-state index < -0.39 is 0 Å². The maximum absolute atomic E-state index is 9.18. The topological polar surface area (TPSA) is 32.3 Å². The lowest BCUT2D eigenvalue weighted by atomic mass is 9.86. The fraction of sp³-hybridized carbons (Fsp3) is 0.625. The molecule has 0 heterocycles. The molecule has 0 aromatic heterocycles. The molecule has 0 aliphatic heterocycles. The van der Waals surface area contributed by atoms with Gasteiger partial charge in [-0.05, 0) is 67.7 Å². The third-order valence-electron chi connectivity index (χ3n) is 4.72. The molecule has 2 aliphatic carbocycles. The minimum Gasteiger partial charge on any atom is -0.396 e. The number of aliphatic hydroxyl groups excluding tert-OH is 1. The van der Waals surface area contributed by atoms with Gasteiger partial charge in [0, 0.05) is 23.7 Å². The summed E-state index contributed by atoms with van der Waals surface area (Å²) < 4.78 is 0. The highest BCUT2D eigenvalue weighted by atomic mass is 35.5. The molecule has 2 N–H and O–H groups in total. The summed E-state index contributed by atoms with van der Waals surface area (Å²) in [6.45, 7) is 0.359. The van der Waals surface area contributed by atoms with Gasteiger partial charge >= 0.3 is 0 Å². The zero-order valence-corrected chi connectivity index (χ0v) is 12.0. The summed E-state index contributed by atoms with van der Waals surface area (Å²) in [7, 11) is 0. The molecule has 0 amide bonds. The third-order valence-corrected chi connectivity index (χ3v) is 4.96. The minimum atomic E-state index is 0.359. The number of aryl methyl sites for hydroxylation is 1. The first kappa shape index (κ1) is 13.4. The van der Waals surface area contributed by atoms with Gasteiger partial charge < -0.3 is 10.4 Å². The number of rotatable bonds is 3. The molecular formula is C16H22ClNO. The summed E-state index contributed by atoms with van der Waals surface area (Å²) in [4.78, 5) is 0. The van der Waals surface area contributed by atoms with E-state index in [2.05, 4.69) is 17.4 Å². The molecule has 0 saturated heterocycles. The molecule has 1 aromatic carbocycles. The minimum absolute atomic E-state index is 0.359. The highest BCUT2D eigenvalue weighted by Crippen LogP contribution is 2.34. The number of hydrogen-bond acceptors (Lipinski definition) is 2. The molecule has 104 valence electrons. The Morgan fingerprint density at radius 2 is 1.95 bits per heavy atom. The van der Waals surface area contributed by atoms with Crippen molar-refractivity contribution < 1.29 is 5.11 Å². The lowest BCUT2D eigenvalue weighted by molar-refractivity contribution is 0.171. The molecule has 1 fully saturated rings. The summed E-state index contributed by atoms with van der Waals surface area (Å²) in [6, 6.07) is 7.42. The number of halogens is 1. The maximum atomic E-state index is 9.18. The van der Waals surface area contributed by atoms with E-state index in [1.165, 1.54) is 30.4 Å². The van der Waals surface area contributed by atoms with E-state index in [-0.39, 0.29) is 0 Å². The first-order valence-corrected chi connectivity index (χ1v) is 7.79. The Morgan fingerprint density at radius 3 is 2.68 bits per heavy atom. The van der Waals surface area contributed by atoms with Gasteiger partial charge in [0.1, 0.15) is 0 Å². The number of fused-ring (bicyclic) bond motifs is 1. The lowest BCUT2D eigenvalue weighted by Crippen LogP contribution is -2.35. The summed E-state index contributed by atoms with van der Waals surface area (Å²) in [6.07, 6.45) is 7.05. The van der Waals surface area contributed by atoms with E-state index in [0.717, 1.165) is 24.3 Å². The Kier molecular flexibility index (Phi) is 4.11. The molecule has 1 aromatic rings. The van der Waals surface area contributed by atoms with E-state index in [1.807, 2.05) is 6.07 Å². The van der Waals surface area contributed by atoms with Crippen molar-refractivity contribution in [2.75, 3.05) is 6.61 Å². The molecule has 0 bridgehead atoms. The van der Waals surface area contributed by atoms with E-state index in [4.69, 9.17) is 11.6 Å². The fourth-order valence-electron chi connectivity index (χ4n) is 3.56. The van der Waals surface area contributed by atoms with Gasteiger partial charge in [0.05, 0.1) is 0 Å². The predicted octanol–water partition coefficient (Wildman–Crippen LogP) is 3.47. The number of nitrogens with one attached hydrogen (secondary N) is 1. The van der Waals surface area contributed by atoms with Crippen LogP contribution in [0.15, 0.2) is 18.2 Å². The Morgan fingerprint density at radius 1 is 1.16 bits per heavy atom. The van der Waals surface area contributed by atoms with Crippen LogP contribution in [0.25, 0.3) is 0 Å². The summed E-state index contributed by atoms with van der Waals surface area (Å²) in [5, 5.41) is 13.8. The predicted molar refractivity (Wildman–Crippen MR) is 78.5 cm³/mol. The maximum Gasteiger partial charge on any atom is 0.0459 e. The summed E-state index contributed by atoms with van der Waals surface area (Å²) in [5.74, 6) is 0.535. The van der Waals surface area contributed by atoms with Crippen LogP contribution in [0.4, 0.5) is 0 Å². The van der Waals surface area contributed by atoms with Gasteiger partial charge in [-0.3, -0.25) is 0 Å². The first-order chi connectivity index (χ1) is 9.26. The Hall–Kier alpha value is -0.570. The normalized spacial score (nSPS) is 30.3. The van der Waals surface area contributed by atoms with Gasteiger partial charge in [-0.1, -0.05) is 17.7 Å². The van der Waals surface area contributed by atoms with Gasteiger partial charge in [-0.25, -0.2) is 0 Å². The molecule has 1 atom stereocenters. The van der Waals surface area contributed by atoms with Crippen LogP contribution < -0.4 is 5.32 Å². The molecule has 1 unspecified atom stereocenters. The summed E-state index contributed by atoms with van der Waals surface area (Å²) >= 11 is 6.05. The molecule has 2 nitrogen and oxygen atoms in total. The standard InChI is InChI=1S/C16H22ClNO/c17-13-4-7-15-12(9-13)3-8-16(15)18-14-5-1-11(10-19)2-6-14/h4,7,9,11,14,16,18-19H,1-3,5-6,8,10H2. The van der Waals surface area contributed by atoms with Gasteiger partial charge in [0.2, 0.25) is 0 Å². The van der Waals surface area contributed by atoms with Crippen LogP contribution in [0.3, 0.4) is 0 Å². The van der Waals surface area contributed by atoms with Gasteiger partial charge in [0.25, 0.3) is 0 Å². The van der Waals surface area contributed by atoms with Crippen LogP contribution in [0, 0.1) is 5.92 Å². The molecule has 0 radical (unpaired) electrons. The van der Waals surface area contributed by atoms with Crippen LogP contribution in [-0.4, -0.2) is 17.8 Å². The molecule has 1 saturated carbocycles. The van der Waals surface area contributed by atoms with Crippen LogP contribution in [-0.2, 0) is 6.42 Å². The van der Waals surface area contributed by atoms with Crippen LogP contribution in [0.2, 0.25) is 5.02 Å². The highest BCUT2D eigenvalue weighted by Gasteiger charge is 2.27. The van der Waals surface area contributed by atoms with Gasteiger partial charge in [-0.2, -0.15) is 0 Å². The third kappa shape index (κ3) is 2.96. The fourth-order valence-corrected chi connectivity index (χ4v) is 3.75. The zero-order valence-electron chi connectivity index (χ0n) is 11.2. The lowest BCUT2D eigenvalue weighted by Gasteiger charge is -2.30. The molecule has 2 aliphatic rings. The van der Waals surface area contributed by atoms with Crippen LogP contribution in [0.1, 0.15) is 49.3 Å². The second kappa shape index (κ2) is 5.82. The van der Waals surface area contributed by atoms with Crippen molar-refractivity contribution in [2.45, 2.75) is 50.6 Å². The number of hydrogen-bond donors (Lipinski definition) is 2. The molecule has 3 heteroatoms.